The minimum absolute atomic E-state index is 0.597. The maximum Gasteiger partial charge on any atom is 0.0595 e. The first-order valence-electron chi connectivity index (χ1n) is 4.87. The third kappa shape index (κ3) is 4.85. The van der Waals surface area contributed by atoms with Crippen LogP contribution in [0.5, 0.6) is 0 Å². The molecule has 0 saturated carbocycles. The molecule has 84 valence electrons. The zero-order valence-electron chi connectivity index (χ0n) is 8.72. The van der Waals surface area contributed by atoms with Crippen molar-refractivity contribution in [3.05, 3.63) is 33.8 Å². The van der Waals surface area contributed by atoms with E-state index in [0.717, 1.165) is 31.7 Å². The molecule has 0 aliphatic heterocycles. The zero-order chi connectivity index (χ0) is 11.1. The van der Waals surface area contributed by atoms with Crippen molar-refractivity contribution in [2.24, 2.45) is 0 Å². The SMILES string of the molecule is COCCCNCc1ccc(Cl)c(Cl)c1. The number of rotatable bonds is 6. The average molecular weight is 248 g/mol. The van der Waals surface area contributed by atoms with Gasteiger partial charge in [-0.2, -0.15) is 0 Å². The third-order valence-corrected chi connectivity index (χ3v) is 2.75. The smallest absolute Gasteiger partial charge is 0.0595 e. The summed E-state index contributed by atoms with van der Waals surface area (Å²) in [7, 11) is 1.71. The summed E-state index contributed by atoms with van der Waals surface area (Å²) in [6.07, 6.45) is 1.01. The Hall–Kier alpha value is -0.280. The first-order chi connectivity index (χ1) is 7.24. The lowest BCUT2D eigenvalue weighted by Crippen LogP contribution is -2.16. The van der Waals surface area contributed by atoms with E-state index < -0.39 is 0 Å². The van der Waals surface area contributed by atoms with E-state index in [4.69, 9.17) is 27.9 Å². The molecule has 0 bridgehead atoms. The predicted octanol–water partition coefficient (Wildman–Crippen LogP) is 3.12. The lowest BCUT2D eigenvalue weighted by molar-refractivity contribution is 0.194. The average Bonchev–Trinajstić information content (AvgIpc) is 2.23. The molecule has 1 aromatic carbocycles. The van der Waals surface area contributed by atoms with Crippen molar-refractivity contribution >= 4 is 23.2 Å². The van der Waals surface area contributed by atoms with Crippen LogP contribution in [0.3, 0.4) is 0 Å². The summed E-state index contributed by atoms with van der Waals surface area (Å²) in [5.41, 5.74) is 1.14. The van der Waals surface area contributed by atoms with Gasteiger partial charge in [0, 0.05) is 20.3 Å². The van der Waals surface area contributed by atoms with E-state index in [1.165, 1.54) is 0 Å². The van der Waals surface area contributed by atoms with Gasteiger partial charge < -0.3 is 10.1 Å². The van der Waals surface area contributed by atoms with Crippen LogP contribution in [0.15, 0.2) is 18.2 Å². The molecule has 0 unspecified atom stereocenters. The Kier molecular flexibility index (Phi) is 6.03. The fourth-order valence-corrected chi connectivity index (χ4v) is 1.54. The highest BCUT2D eigenvalue weighted by molar-refractivity contribution is 6.42. The number of benzene rings is 1. The van der Waals surface area contributed by atoms with Gasteiger partial charge in [-0.05, 0) is 30.7 Å². The van der Waals surface area contributed by atoms with Crippen LogP contribution in [0, 0.1) is 0 Å². The molecule has 0 heterocycles. The van der Waals surface area contributed by atoms with Crippen LogP contribution in [-0.2, 0) is 11.3 Å². The molecule has 15 heavy (non-hydrogen) atoms. The molecule has 0 aromatic heterocycles. The molecule has 1 N–H and O–H groups in total. The van der Waals surface area contributed by atoms with E-state index in [1.54, 1.807) is 7.11 Å². The second-order valence-corrected chi connectivity index (χ2v) is 4.09. The summed E-state index contributed by atoms with van der Waals surface area (Å²) >= 11 is 11.7. The Morgan fingerprint density at radius 3 is 2.73 bits per heavy atom. The lowest BCUT2D eigenvalue weighted by atomic mass is 10.2. The minimum Gasteiger partial charge on any atom is -0.385 e. The molecule has 0 aliphatic rings. The Balaban J connectivity index is 2.28. The Morgan fingerprint density at radius 2 is 2.07 bits per heavy atom. The van der Waals surface area contributed by atoms with Crippen molar-refractivity contribution in [2.45, 2.75) is 13.0 Å². The molecule has 0 atom stereocenters. The normalized spacial score (nSPS) is 10.6. The lowest BCUT2D eigenvalue weighted by Gasteiger charge is -2.05. The van der Waals surface area contributed by atoms with Crippen molar-refractivity contribution in [1.29, 1.82) is 0 Å². The van der Waals surface area contributed by atoms with Gasteiger partial charge in [-0.3, -0.25) is 0 Å². The number of nitrogens with one attached hydrogen (secondary N) is 1. The van der Waals surface area contributed by atoms with Gasteiger partial charge in [-0.1, -0.05) is 29.3 Å². The topological polar surface area (TPSA) is 21.3 Å². The van der Waals surface area contributed by atoms with Crippen LogP contribution >= 0.6 is 23.2 Å². The van der Waals surface area contributed by atoms with Crippen molar-refractivity contribution in [3.8, 4) is 0 Å². The largest absolute Gasteiger partial charge is 0.385 e. The predicted molar refractivity (Wildman–Crippen MR) is 64.7 cm³/mol. The second-order valence-electron chi connectivity index (χ2n) is 3.27. The van der Waals surface area contributed by atoms with E-state index >= 15 is 0 Å². The van der Waals surface area contributed by atoms with Crippen LogP contribution < -0.4 is 5.32 Å². The number of methoxy groups -OCH3 is 1. The summed E-state index contributed by atoms with van der Waals surface area (Å²) in [4.78, 5) is 0. The summed E-state index contributed by atoms with van der Waals surface area (Å²) in [6, 6.07) is 5.67. The quantitative estimate of drug-likeness (QED) is 0.781. The molecule has 0 saturated heterocycles. The molecule has 0 spiro atoms. The summed E-state index contributed by atoms with van der Waals surface area (Å²) < 4.78 is 4.95. The van der Waals surface area contributed by atoms with Crippen molar-refractivity contribution in [3.63, 3.8) is 0 Å². The van der Waals surface area contributed by atoms with Crippen molar-refractivity contribution in [2.75, 3.05) is 20.3 Å². The van der Waals surface area contributed by atoms with Gasteiger partial charge in [0.15, 0.2) is 0 Å². The van der Waals surface area contributed by atoms with E-state index in [1.807, 2.05) is 18.2 Å². The number of hydrogen-bond donors (Lipinski definition) is 1. The molecule has 4 heteroatoms. The zero-order valence-corrected chi connectivity index (χ0v) is 10.2. The summed E-state index contributed by atoms with van der Waals surface area (Å²) in [6.45, 7) is 2.53. The fourth-order valence-electron chi connectivity index (χ4n) is 1.22. The molecule has 0 fully saturated rings. The van der Waals surface area contributed by atoms with Gasteiger partial charge in [-0.25, -0.2) is 0 Å². The van der Waals surface area contributed by atoms with Gasteiger partial charge in [0.05, 0.1) is 10.0 Å². The van der Waals surface area contributed by atoms with Crippen molar-refractivity contribution in [1.82, 2.24) is 5.32 Å². The summed E-state index contributed by atoms with van der Waals surface area (Å²) in [5.74, 6) is 0. The van der Waals surface area contributed by atoms with Crippen LogP contribution in [0.2, 0.25) is 10.0 Å². The molecule has 0 amide bonds. The van der Waals surface area contributed by atoms with Crippen LogP contribution in [0.25, 0.3) is 0 Å². The van der Waals surface area contributed by atoms with Crippen LogP contribution in [0.4, 0.5) is 0 Å². The Labute approximate surface area is 101 Å². The maximum atomic E-state index is 5.90. The number of ether oxygens (including phenoxy) is 1. The highest BCUT2D eigenvalue weighted by Gasteiger charge is 1.98. The first kappa shape index (κ1) is 12.8. The van der Waals surface area contributed by atoms with Crippen molar-refractivity contribution < 1.29 is 4.74 Å². The monoisotopic (exact) mass is 247 g/mol. The van der Waals surface area contributed by atoms with Gasteiger partial charge in [0.1, 0.15) is 0 Å². The van der Waals surface area contributed by atoms with Crippen LogP contribution in [0.1, 0.15) is 12.0 Å². The molecule has 0 aliphatic carbocycles. The molecule has 1 aromatic rings. The third-order valence-electron chi connectivity index (χ3n) is 2.02. The Morgan fingerprint density at radius 1 is 1.27 bits per heavy atom. The summed E-state index contributed by atoms with van der Waals surface area (Å²) in [5, 5.41) is 4.50. The van der Waals surface area contributed by atoms with E-state index in [2.05, 4.69) is 5.32 Å². The molecule has 2 nitrogen and oxygen atoms in total. The molecule has 0 radical (unpaired) electrons. The van der Waals surface area contributed by atoms with E-state index in [0.29, 0.717) is 10.0 Å². The van der Waals surface area contributed by atoms with Gasteiger partial charge >= 0.3 is 0 Å². The Bertz CT molecular complexity index is 305. The minimum atomic E-state index is 0.597. The number of hydrogen-bond acceptors (Lipinski definition) is 2. The fraction of sp³-hybridized carbons (Fsp3) is 0.455. The maximum absolute atomic E-state index is 5.90. The number of halogens is 2. The van der Waals surface area contributed by atoms with Gasteiger partial charge in [0.25, 0.3) is 0 Å². The second kappa shape index (κ2) is 7.07. The molecule has 1 rings (SSSR count). The van der Waals surface area contributed by atoms with Gasteiger partial charge in [0.2, 0.25) is 0 Å². The highest BCUT2D eigenvalue weighted by Crippen LogP contribution is 2.22. The standard InChI is InChI=1S/C11H15Cl2NO/c1-15-6-2-5-14-8-9-3-4-10(12)11(13)7-9/h3-4,7,14H,2,5-6,8H2,1H3. The molecular weight excluding hydrogens is 233 g/mol. The first-order valence-corrected chi connectivity index (χ1v) is 5.63. The van der Waals surface area contributed by atoms with Gasteiger partial charge in [-0.15, -0.1) is 0 Å². The molecular formula is C11H15Cl2NO. The highest BCUT2D eigenvalue weighted by atomic mass is 35.5. The van der Waals surface area contributed by atoms with E-state index in [-0.39, 0.29) is 0 Å². The van der Waals surface area contributed by atoms with Crippen LogP contribution in [-0.4, -0.2) is 20.3 Å². The van der Waals surface area contributed by atoms with E-state index in [9.17, 15) is 0 Å².